The molecule has 2 aliphatic carbocycles. The number of nitrogens with one attached hydrogen (secondary N) is 1. The van der Waals surface area contributed by atoms with Gasteiger partial charge in [-0.25, -0.2) is 13.4 Å². The zero-order valence-corrected chi connectivity index (χ0v) is 21.7. The molecule has 11 heteroatoms. The predicted octanol–water partition coefficient (Wildman–Crippen LogP) is 5.40. The Bertz CT molecular complexity index is 1230. The van der Waals surface area contributed by atoms with E-state index in [0.717, 1.165) is 43.5 Å². The molecule has 2 aliphatic rings. The summed E-state index contributed by atoms with van der Waals surface area (Å²) in [5, 5.41) is 2.79. The average Bonchev–Trinajstić information content (AvgIpc) is 3.04. The van der Waals surface area contributed by atoms with E-state index in [-0.39, 0.29) is 21.9 Å². The lowest BCUT2D eigenvalue weighted by Gasteiger charge is -2.37. The molecule has 2 bridgehead atoms. The van der Waals surface area contributed by atoms with E-state index in [1.165, 1.54) is 20.1 Å². The monoisotopic (exact) mass is 544 g/mol. The van der Waals surface area contributed by atoms with Crippen molar-refractivity contribution in [2.24, 2.45) is 11.8 Å². The molecule has 1 heterocycles. The van der Waals surface area contributed by atoms with Gasteiger partial charge in [0, 0.05) is 18.5 Å². The van der Waals surface area contributed by atoms with E-state index in [1.807, 2.05) is 12.1 Å². The van der Waals surface area contributed by atoms with Crippen molar-refractivity contribution in [1.82, 2.24) is 10.3 Å². The fourth-order valence-corrected chi connectivity index (χ4v) is 6.27. The van der Waals surface area contributed by atoms with Crippen molar-refractivity contribution < 1.29 is 31.1 Å². The number of sulfone groups is 1. The third-order valence-corrected chi connectivity index (χ3v) is 8.48. The molecule has 2 aromatic rings. The highest BCUT2D eigenvalue weighted by atomic mass is 35.5. The third kappa shape index (κ3) is 5.64. The Morgan fingerprint density at radius 3 is 2.22 bits per heavy atom. The summed E-state index contributed by atoms with van der Waals surface area (Å²) in [6, 6.07) is 7.61. The summed E-state index contributed by atoms with van der Waals surface area (Å²) in [5.74, 6) is -0.307. The molecule has 0 aliphatic heterocycles. The van der Waals surface area contributed by atoms with Crippen molar-refractivity contribution in [3.63, 3.8) is 0 Å². The molecule has 1 amide bonds. The van der Waals surface area contributed by atoms with Crippen LogP contribution >= 0.6 is 11.6 Å². The molecular weight excluding hydrogens is 517 g/mol. The van der Waals surface area contributed by atoms with Crippen LogP contribution < -0.4 is 10.1 Å². The number of rotatable bonds is 6. The molecule has 2 fully saturated rings. The van der Waals surface area contributed by atoms with E-state index < -0.39 is 39.0 Å². The summed E-state index contributed by atoms with van der Waals surface area (Å²) in [7, 11) is -3.27. The van der Waals surface area contributed by atoms with Gasteiger partial charge in [-0.3, -0.25) is 4.79 Å². The van der Waals surface area contributed by atoms with Gasteiger partial charge in [0.1, 0.15) is 5.56 Å². The van der Waals surface area contributed by atoms with Crippen molar-refractivity contribution >= 4 is 27.3 Å². The van der Waals surface area contributed by atoms with Gasteiger partial charge in [-0.2, -0.15) is 13.2 Å². The van der Waals surface area contributed by atoms with Crippen LogP contribution in [0.2, 0.25) is 5.02 Å². The summed E-state index contributed by atoms with van der Waals surface area (Å²) < 4.78 is 69.3. The summed E-state index contributed by atoms with van der Waals surface area (Å²) in [6.45, 7) is 2.81. The van der Waals surface area contributed by atoms with Crippen LogP contribution in [0.5, 0.6) is 5.88 Å². The van der Waals surface area contributed by atoms with E-state index in [2.05, 4.69) is 10.3 Å². The van der Waals surface area contributed by atoms with Crippen LogP contribution in [0.1, 0.15) is 56.6 Å². The zero-order valence-electron chi connectivity index (χ0n) is 20.1. The number of nitrogens with zero attached hydrogens (tertiary/aromatic N) is 1. The highest BCUT2D eigenvalue weighted by molar-refractivity contribution is 7.90. The van der Waals surface area contributed by atoms with E-state index in [1.54, 1.807) is 12.1 Å². The first-order valence-corrected chi connectivity index (χ1v) is 13.9. The van der Waals surface area contributed by atoms with Crippen molar-refractivity contribution in [2.75, 3.05) is 6.26 Å². The van der Waals surface area contributed by atoms with E-state index in [0.29, 0.717) is 11.8 Å². The molecule has 2 atom stereocenters. The fourth-order valence-electron chi connectivity index (χ4n) is 5.49. The van der Waals surface area contributed by atoms with E-state index >= 15 is 0 Å². The number of hydrogen-bond acceptors (Lipinski definition) is 5. The third-order valence-electron chi connectivity index (χ3n) is 7.15. The van der Waals surface area contributed by atoms with Gasteiger partial charge >= 0.3 is 6.18 Å². The molecule has 1 aromatic carbocycles. The van der Waals surface area contributed by atoms with Gasteiger partial charge in [0.25, 0.3) is 5.91 Å². The first-order chi connectivity index (χ1) is 16.6. The number of pyridine rings is 1. The Morgan fingerprint density at radius 2 is 1.69 bits per heavy atom. The maximum absolute atomic E-state index is 13.4. The van der Waals surface area contributed by atoms with Crippen molar-refractivity contribution in [3.8, 4) is 5.88 Å². The van der Waals surface area contributed by atoms with Gasteiger partial charge < -0.3 is 10.1 Å². The highest BCUT2D eigenvalue weighted by Crippen LogP contribution is 2.52. The Kier molecular flexibility index (Phi) is 7.07. The second-order valence-corrected chi connectivity index (χ2v) is 12.7. The molecule has 4 rings (SSSR count). The predicted molar refractivity (Wildman–Crippen MR) is 129 cm³/mol. The number of amides is 1. The van der Waals surface area contributed by atoms with Crippen molar-refractivity contribution in [2.45, 2.75) is 68.2 Å². The highest BCUT2D eigenvalue weighted by Gasteiger charge is 2.45. The van der Waals surface area contributed by atoms with Gasteiger partial charge in [-0.15, -0.1) is 0 Å². The van der Waals surface area contributed by atoms with Gasteiger partial charge in [0.2, 0.25) is 5.88 Å². The number of hydrogen-bond donors (Lipinski definition) is 1. The molecule has 2 unspecified atom stereocenters. The van der Waals surface area contributed by atoms with Crippen molar-refractivity contribution in [3.05, 3.63) is 52.7 Å². The first-order valence-electron chi connectivity index (χ1n) is 11.7. The van der Waals surface area contributed by atoms with Crippen LogP contribution in [0.15, 0.2) is 41.4 Å². The molecular formula is C25H28ClF3N2O4S. The van der Waals surface area contributed by atoms with E-state index in [4.69, 9.17) is 16.3 Å². The zero-order chi connectivity index (χ0) is 26.5. The second-order valence-electron chi connectivity index (χ2n) is 10.2. The molecule has 1 N–H and O–H groups in total. The van der Waals surface area contributed by atoms with Crippen LogP contribution in [0.3, 0.4) is 0 Å². The topological polar surface area (TPSA) is 85.4 Å². The standard InChI is InChI=1S/C25H28ClF3N2O4S/c1-24(2,35-22-20(25(27,28)29)12-17(26)13-30-22)23(32)31-18-10-15-4-5-16(11-18)21(15)14-6-8-19(9-7-14)36(3,33)34/h6-9,12-13,15-16,18,21H,4-5,10-11H2,1-3H3,(H,31,32). The van der Waals surface area contributed by atoms with Crippen LogP contribution in [0.25, 0.3) is 0 Å². The lowest BCUT2D eigenvalue weighted by molar-refractivity contribution is -0.144. The van der Waals surface area contributed by atoms with Crippen LogP contribution in [0, 0.1) is 11.8 Å². The lowest BCUT2D eigenvalue weighted by Crippen LogP contribution is -2.52. The average molecular weight is 545 g/mol. The van der Waals surface area contributed by atoms with Gasteiger partial charge in [-0.05, 0) is 81.0 Å². The molecule has 1 aromatic heterocycles. The molecule has 6 nitrogen and oxygen atoms in total. The van der Waals surface area contributed by atoms with Crippen LogP contribution in [0.4, 0.5) is 13.2 Å². The fraction of sp³-hybridized carbons (Fsp3) is 0.520. The minimum Gasteiger partial charge on any atom is -0.461 e. The number of aromatic nitrogens is 1. The Balaban J connectivity index is 1.43. The Labute approximate surface area is 213 Å². The minimum absolute atomic E-state index is 0.135. The summed E-state index contributed by atoms with van der Waals surface area (Å²) in [5.41, 5.74) is -1.65. The maximum atomic E-state index is 13.4. The lowest BCUT2D eigenvalue weighted by atomic mass is 9.73. The quantitative estimate of drug-likeness (QED) is 0.526. The van der Waals surface area contributed by atoms with Gasteiger partial charge in [0.05, 0.1) is 9.92 Å². The van der Waals surface area contributed by atoms with E-state index in [9.17, 15) is 26.4 Å². The largest absolute Gasteiger partial charge is 0.461 e. The molecule has 2 saturated carbocycles. The smallest absolute Gasteiger partial charge is 0.421 e. The molecule has 0 saturated heterocycles. The molecule has 196 valence electrons. The number of halogens is 4. The van der Waals surface area contributed by atoms with Crippen LogP contribution in [-0.4, -0.2) is 37.2 Å². The number of benzene rings is 1. The number of carbonyl (C=O) groups is 1. The number of fused-ring (bicyclic) bond motifs is 2. The Hall–Kier alpha value is -2.33. The Morgan fingerprint density at radius 1 is 1.11 bits per heavy atom. The molecule has 36 heavy (non-hydrogen) atoms. The normalized spacial score (nSPS) is 24.4. The summed E-state index contributed by atoms with van der Waals surface area (Å²) in [4.78, 5) is 17.0. The van der Waals surface area contributed by atoms with Gasteiger partial charge in [-0.1, -0.05) is 23.7 Å². The molecule has 0 radical (unpaired) electrons. The summed E-state index contributed by atoms with van der Waals surface area (Å²) in [6.07, 6.45) is 0.932. The number of ether oxygens (including phenoxy) is 1. The molecule has 0 spiro atoms. The minimum atomic E-state index is -4.74. The first kappa shape index (κ1) is 26.7. The van der Waals surface area contributed by atoms with Crippen LogP contribution in [-0.2, 0) is 20.8 Å². The second kappa shape index (κ2) is 9.52. The number of alkyl halides is 3. The van der Waals surface area contributed by atoms with Crippen molar-refractivity contribution in [1.29, 1.82) is 0 Å². The summed E-state index contributed by atoms with van der Waals surface area (Å²) >= 11 is 5.68. The number of carbonyl (C=O) groups excluding carboxylic acids is 1. The maximum Gasteiger partial charge on any atom is 0.421 e. The SMILES string of the molecule is CC(C)(Oc1ncc(Cl)cc1C(F)(F)F)C(=O)NC1CC2CCC(C1)C2c1ccc(S(C)(=O)=O)cc1. The van der Waals surface area contributed by atoms with Gasteiger partial charge in [0.15, 0.2) is 15.4 Å².